The summed E-state index contributed by atoms with van der Waals surface area (Å²) in [5.41, 5.74) is 2.27. The van der Waals surface area contributed by atoms with Crippen molar-refractivity contribution in [3.8, 4) is 11.4 Å². The van der Waals surface area contributed by atoms with E-state index in [1.54, 1.807) is 30.8 Å². The summed E-state index contributed by atoms with van der Waals surface area (Å²) in [6, 6.07) is 7.48. The van der Waals surface area contributed by atoms with Gasteiger partial charge >= 0.3 is 0 Å². The molecule has 0 unspecified atom stereocenters. The highest BCUT2D eigenvalue weighted by molar-refractivity contribution is 5.91. The minimum absolute atomic E-state index is 0.00359. The zero-order valence-corrected chi connectivity index (χ0v) is 15.5. The van der Waals surface area contributed by atoms with E-state index in [9.17, 15) is 4.79 Å². The predicted octanol–water partition coefficient (Wildman–Crippen LogP) is 3.79. The Morgan fingerprint density at radius 1 is 1.22 bits per heavy atom. The first-order chi connectivity index (χ1) is 13.2. The number of amides is 1. The number of hydrogen-bond donors (Lipinski definition) is 0. The van der Waals surface area contributed by atoms with E-state index < -0.39 is 0 Å². The maximum absolute atomic E-state index is 12.4. The minimum atomic E-state index is 0.00359. The number of carbonyl (C=O) groups is 1. The highest BCUT2D eigenvalue weighted by Gasteiger charge is 2.25. The average Bonchev–Trinajstić information content (AvgIpc) is 3.37. The van der Waals surface area contributed by atoms with E-state index in [1.165, 1.54) is 5.69 Å². The molecule has 0 aliphatic carbocycles. The molecule has 6 heteroatoms. The second-order valence-corrected chi connectivity index (χ2v) is 7.11. The van der Waals surface area contributed by atoms with Crippen LogP contribution in [-0.4, -0.2) is 38.4 Å². The molecule has 0 spiro atoms. The maximum Gasteiger partial charge on any atom is 0.289 e. The third kappa shape index (κ3) is 3.79. The summed E-state index contributed by atoms with van der Waals surface area (Å²) in [5, 5.41) is 0. The third-order valence-corrected chi connectivity index (χ3v) is 5.39. The highest BCUT2D eigenvalue weighted by Crippen LogP contribution is 2.25. The Labute approximate surface area is 158 Å². The maximum atomic E-state index is 12.4. The summed E-state index contributed by atoms with van der Waals surface area (Å²) < 4.78 is 7.52. The molecule has 0 aromatic carbocycles. The van der Waals surface area contributed by atoms with E-state index in [-0.39, 0.29) is 5.91 Å². The van der Waals surface area contributed by atoms with Crippen LogP contribution in [0.1, 0.15) is 35.5 Å². The van der Waals surface area contributed by atoms with Gasteiger partial charge in [0.2, 0.25) is 0 Å². The number of pyridine rings is 1. The van der Waals surface area contributed by atoms with Crippen LogP contribution in [0.25, 0.3) is 11.4 Å². The van der Waals surface area contributed by atoms with Gasteiger partial charge in [-0.2, -0.15) is 0 Å². The number of nitrogens with zero attached hydrogens (tertiary/aromatic N) is 4. The Hall–Kier alpha value is -2.89. The van der Waals surface area contributed by atoms with Crippen LogP contribution in [0.5, 0.6) is 0 Å². The van der Waals surface area contributed by atoms with Gasteiger partial charge in [-0.3, -0.25) is 9.78 Å². The van der Waals surface area contributed by atoms with Gasteiger partial charge < -0.3 is 13.9 Å². The van der Waals surface area contributed by atoms with Crippen LogP contribution in [0.4, 0.5) is 0 Å². The topological polar surface area (TPSA) is 64.2 Å². The summed E-state index contributed by atoms with van der Waals surface area (Å²) >= 11 is 0. The van der Waals surface area contributed by atoms with Crippen LogP contribution in [0.3, 0.4) is 0 Å². The molecule has 0 N–H and O–H groups in total. The molecule has 4 rings (SSSR count). The number of aromatic nitrogens is 3. The summed E-state index contributed by atoms with van der Waals surface area (Å²) in [5.74, 6) is 2.06. The lowest BCUT2D eigenvalue weighted by Crippen LogP contribution is -2.38. The van der Waals surface area contributed by atoms with Crippen molar-refractivity contribution in [3.63, 3.8) is 0 Å². The predicted molar refractivity (Wildman–Crippen MR) is 102 cm³/mol. The number of rotatable bonds is 5. The molecule has 1 aliphatic heterocycles. The second-order valence-electron chi connectivity index (χ2n) is 7.11. The lowest BCUT2D eigenvalue weighted by molar-refractivity contribution is 0.0653. The first-order valence-corrected chi connectivity index (χ1v) is 9.47. The van der Waals surface area contributed by atoms with Gasteiger partial charge in [-0.25, -0.2) is 4.98 Å². The van der Waals surface area contributed by atoms with Gasteiger partial charge in [-0.15, -0.1) is 0 Å². The Morgan fingerprint density at radius 3 is 2.70 bits per heavy atom. The first kappa shape index (κ1) is 17.5. The van der Waals surface area contributed by atoms with Crippen LogP contribution >= 0.6 is 0 Å². The van der Waals surface area contributed by atoms with E-state index in [2.05, 4.69) is 21.5 Å². The van der Waals surface area contributed by atoms with Crippen molar-refractivity contribution in [1.82, 2.24) is 19.4 Å². The van der Waals surface area contributed by atoms with Crippen molar-refractivity contribution in [1.29, 1.82) is 0 Å². The van der Waals surface area contributed by atoms with Gasteiger partial charge in [-0.05, 0) is 56.4 Å². The lowest BCUT2D eigenvalue weighted by Gasteiger charge is -2.31. The number of piperidine rings is 1. The summed E-state index contributed by atoms with van der Waals surface area (Å²) in [6.07, 6.45) is 10.2. The summed E-state index contributed by atoms with van der Waals surface area (Å²) in [6.45, 7) is 4.64. The van der Waals surface area contributed by atoms with Gasteiger partial charge in [0.1, 0.15) is 5.82 Å². The monoisotopic (exact) mass is 364 g/mol. The molecule has 0 atom stereocenters. The molecule has 1 amide bonds. The molecule has 0 saturated carbocycles. The van der Waals surface area contributed by atoms with Crippen molar-refractivity contribution in [2.45, 2.75) is 32.7 Å². The lowest BCUT2D eigenvalue weighted by atomic mass is 9.93. The van der Waals surface area contributed by atoms with Crippen LogP contribution in [0.15, 0.2) is 53.5 Å². The number of furan rings is 1. The molecule has 27 heavy (non-hydrogen) atoms. The number of imidazole rings is 1. The van der Waals surface area contributed by atoms with Crippen molar-refractivity contribution in [3.05, 3.63) is 60.6 Å². The van der Waals surface area contributed by atoms with Crippen molar-refractivity contribution >= 4 is 5.91 Å². The number of likely N-dealkylation sites (tertiary alicyclic amines) is 1. The standard InChI is InChI=1S/C21H24N4O2/c1-16-15-23-20(18-4-9-22-10-5-18)25(16)13-8-17-6-11-24(12-7-17)21(26)19-3-2-14-27-19/h2-5,9-10,14-15,17H,6-8,11-13H2,1H3. The first-order valence-electron chi connectivity index (χ1n) is 9.47. The molecular weight excluding hydrogens is 340 g/mol. The smallest absolute Gasteiger partial charge is 0.289 e. The number of aryl methyl sites for hydroxylation is 1. The van der Waals surface area contributed by atoms with E-state index in [0.717, 1.165) is 50.3 Å². The molecule has 140 valence electrons. The van der Waals surface area contributed by atoms with Crippen LogP contribution < -0.4 is 0 Å². The van der Waals surface area contributed by atoms with E-state index in [0.29, 0.717) is 11.7 Å². The Morgan fingerprint density at radius 2 is 2.00 bits per heavy atom. The fourth-order valence-corrected chi connectivity index (χ4v) is 3.77. The normalized spacial score (nSPS) is 15.2. The third-order valence-electron chi connectivity index (χ3n) is 5.39. The highest BCUT2D eigenvalue weighted by atomic mass is 16.3. The quantitative estimate of drug-likeness (QED) is 0.691. The van der Waals surface area contributed by atoms with Crippen molar-refractivity contribution in [2.24, 2.45) is 5.92 Å². The molecule has 1 aliphatic rings. The molecule has 3 aromatic heterocycles. The van der Waals surface area contributed by atoms with E-state index in [1.807, 2.05) is 23.2 Å². The Balaban J connectivity index is 1.35. The largest absolute Gasteiger partial charge is 0.459 e. The van der Waals surface area contributed by atoms with Crippen molar-refractivity contribution < 1.29 is 9.21 Å². The van der Waals surface area contributed by atoms with Crippen LogP contribution in [-0.2, 0) is 6.54 Å². The van der Waals surface area contributed by atoms with Gasteiger partial charge in [0.05, 0.1) is 6.26 Å². The molecule has 6 nitrogen and oxygen atoms in total. The van der Waals surface area contributed by atoms with Gasteiger partial charge in [0.15, 0.2) is 5.76 Å². The fraction of sp³-hybridized carbons (Fsp3) is 0.381. The Bertz CT molecular complexity index is 878. The SMILES string of the molecule is Cc1cnc(-c2ccncc2)n1CCC1CCN(C(=O)c2ccco2)CC1. The molecule has 0 bridgehead atoms. The zero-order valence-electron chi connectivity index (χ0n) is 15.5. The second kappa shape index (κ2) is 7.78. The van der Waals surface area contributed by atoms with Crippen LogP contribution in [0, 0.1) is 12.8 Å². The zero-order chi connectivity index (χ0) is 18.6. The van der Waals surface area contributed by atoms with Gasteiger partial charge in [0.25, 0.3) is 5.91 Å². The molecule has 0 radical (unpaired) electrons. The van der Waals surface area contributed by atoms with Gasteiger partial charge in [-0.1, -0.05) is 0 Å². The molecular formula is C21H24N4O2. The number of hydrogen-bond acceptors (Lipinski definition) is 4. The van der Waals surface area contributed by atoms with Gasteiger partial charge in [0, 0.05) is 49.5 Å². The van der Waals surface area contributed by atoms with E-state index >= 15 is 0 Å². The van der Waals surface area contributed by atoms with Crippen LogP contribution in [0.2, 0.25) is 0 Å². The summed E-state index contributed by atoms with van der Waals surface area (Å²) in [4.78, 5) is 23.0. The number of carbonyl (C=O) groups excluding carboxylic acids is 1. The molecule has 4 heterocycles. The molecule has 1 saturated heterocycles. The molecule has 1 fully saturated rings. The van der Waals surface area contributed by atoms with Crippen molar-refractivity contribution in [2.75, 3.05) is 13.1 Å². The summed E-state index contributed by atoms with van der Waals surface area (Å²) in [7, 11) is 0. The fourth-order valence-electron chi connectivity index (χ4n) is 3.77. The Kier molecular flexibility index (Phi) is 5.05. The molecule has 3 aromatic rings. The average molecular weight is 364 g/mol. The minimum Gasteiger partial charge on any atom is -0.459 e. The van der Waals surface area contributed by atoms with E-state index in [4.69, 9.17) is 4.42 Å².